The number of benzene rings is 1. The zero-order valence-electron chi connectivity index (χ0n) is 8.63. The minimum absolute atomic E-state index is 0.533. The highest BCUT2D eigenvalue weighted by Gasteiger charge is 1.98. The van der Waals surface area contributed by atoms with Crippen molar-refractivity contribution < 1.29 is 4.74 Å². The SMILES string of the molecule is Cc1cc(OCCCC(N)=S)ccc1Cl. The normalized spacial score (nSPS) is 10.0. The molecule has 0 atom stereocenters. The maximum atomic E-state index is 5.89. The van der Waals surface area contributed by atoms with Gasteiger partial charge < -0.3 is 10.5 Å². The third-order valence-corrected chi connectivity index (χ3v) is 2.59. The molecular weight excluding hydrogens is 230 g/mol. The Morgan fingerprint density at radius 3 is 2.87 bits per heavy atom. The molecular formula is C11H14ClNOS. The number of thiocarbonyl (C=S) groups is 1. The molecule has 1 aromatic rings. The van der Waals surface area contributed by atoms with E-state index in [0.717, 1.165) is 29.2 Å². The van der Waals surface area contributed by atoms with Gasteiger partial charge in [0, 0.05) is 11.4 Å². The Morgan fingerprint density at radius 1 is 1.53 bits per heavy atom. The van der Waals surface area contributed by atoms with Gasteiger partial charge in [-0.25, -0.2) is 0 Å². The molecule has 0 heterocycles. The fourth-order valence-electron chi connectivity index (χ4n) is 1.14. The van der Waals surface area contributed by atoms with Crippen LogP contribution in [0.15, 0.2) is 18.2 Å². The Bertz CT molecular complexity index is 354. The Kier molecular flexibility index (Phi) is 4.85. The average molecular weight is 244 g/mol. The van der Waals surface area contributed by atoms with Crippen LogP contribution in [0.5, 0.6) is 5.75 Å². The molecule has 2 nitrogen and oxygen atoms in total. The Balaban J connectivity index is 2.38. The summed E-state index contributed by atoms with van der Waals surface area (Å²) in [6.45, 7) is 2.57. The van der Waals surface area contributed by atoms with Crippen LogP contribution in [0.2, 0.25) is 5.02 Å². The molecule has 0 aliphatic heterocycles. The van der Waals surface area contributed by atoms with E-state index in [1.807, 2.05) is 25.1 Å². The second-order valence-electron chi connectivity index (χ2n) is 3.33. The summed E-state index contributed by atoms with van der Waals surface area (Å²) in [4.78, 5) is 0.533. The molecule has 0 saturated carbocycles. The minimum atomic E-state index is 0.533. The fourth-order valence-corrected chi connectivity index (χ4v) is 1.41. The Hall–Kier alpha value is -0.800. The van der Waals surface area contributed by atoms with Gasteiger partial charge in [-0.1, -0.05) is 23.8 Å². The number of rotatable bonds is 5. The molecule has 0 aliphatic rings. The summed E-state index contributed by atoms with van der Waals surface area (Å²) in [5, 5.41) is 0.755. The summed E-state index contributed by atoms with van der Waals surface area (Å²) in [5.74, 6) is 0.833. The van der Waals surface area contributed by atoms with E-state index in [1.165, 1.54) is 0 Å². The van der Waals surface area contributed by atoms with Crippen molar-refractivity contribution in [2.75, 3.05) is 6.61 Å². The number of hydrogen-bond donors (Lipinski definition) is 1. The molecule has 0 fully saturated rings. The van der Waals surface area contributed by atoms with Crippen LogP contribution < -0.4 is 10.5 Å². The second kappa shape index (κ2) is 5.93. The van der Waals surface area contributed by atoms with Crippen LogP contribution in [-0.4, -0.2) is 11.6 Å². The molecule has 82 valence electrons. The third-order valence-electron chi connectivity index (χ3n) is 1.97. The van der Waals surface area contributed by atoms with Crippen LogP contribution in [0.3, 0.4) is 0 Å². The Labute approximate surface area is 100 Å². The molecule has 0 aliphatic carbocycles. The number of halogens is 1. The Morgan fingerprint density at radius 2 is 2.27 bits per heavy atom. The molecule has 4 heteroatoms. The maximum Gasteiger partial charge on any atom is 0.119 e. The van der Waals surface area contributed by atoms with Crippen LogP contribution in [-0.2, 0) is 0 Å². The van der Waals surface area contributed by atoms with Gasteiger partial charge in [0.05, 0.1) is 11.6 Å². The summed E-state index contributed by atoms with van der Waals surface area (Å²) in [6, 6.07) is 5.61. The largest absolute Gasteiger partial charge is 0.494 e. The number of aryl methyl sites for hydroxylation is 1. The fraction of sp³-hybridized carbons (Fsp3) is 0.364. The van der Waals surface area contributed by atoms with Gasteiger partial charge in [-0.2, -0.15) is 0 Å². The summed E-state index contributed by atoms with van der Waals surface area (Å²) in [6.07, 6.45) is 1.57. The minimum Gasteiger partial charge on any atom is -0.494 e. The zero-order chi connectivity index (χ0) is 11.3. The van der Waals surface area contributed by atoms with Crippen LogP contribution in [0.25, 0.3) is 0 Å². The van der Waals surface area contributed by atoms with Crippen LogP contribution in [0, 0.1) is 6.92 Å². The predicted molar refractivity (Wildman–Crippen MR) is 67.7 cm³/mol. The lowest BCUT2D eigenvalue weighted by atomic mass is 10.2. The zero-order valence-corrected chi connectivity index (χ0v) is 10.2. The van der Waals surface area contributed by atoms with Crippen molar-refractivity contribution in [2.24, 2.45) is 5.73 Å². The van der Waals surface area contributed by atoms with Gasteiger partial charge in [0.15, 0.2) is 0 Å². The van der Waals surface area contributed by atoms with Gasteiger partial charge in [-0.05, 0) is 37.1 Å². The smallest absolute Gasteiger partial charge is 0.119 e. The van der Waals surface area contributed by atoms with Gasteiger partial charge in [0.1, 0.15) is 5.75 Å². The predicted octanol–water partition coefficient (Wildman–Crippen LogP) is 3.09. The lowest BCUT2D eigenvalue weighted by Gasteiger charge is -2.07. The van der Waals surface area contributed by atoms with E-state index in [9.17, 15) is 0 Å². The molecule has 15 heavy (non-hydrogen) atoms. The quantitative estimate of drug-likeness (QED) is 0.638. The molecule has 0 amide bonds. The van der Waals surface area contributed by atoms with Crippen molar-refractivity contribution in [3.8, 4) is 5.75 Å². The highest BCUT2D eigenvalue weighted by Crippen LogP contribution is 2.21. The first kappa shape index (κ1) is 12.3. The van der Waals surface area contributed by atoms with Crippen molar-refractivity contribution >= 4 is 28.8 Å². The van der Waals surface area contributed by atoms with Gasteiger partial charge in [-0.15, -0.1) is 0 Å². The summed E-state index contributed by atoms with van der Waals surface area (Å²) >= 11 is 10.7. The van der Waals surface area contributed by atoms with E-state index in [0.29, 0.717) is 11.6 Å². The standard InChI is InChI=1S/C11H14ClNOS/c1-8-7-9(4-5-10(8)12)14-6-2-3-11(13)15/h4-5,7H,2-3,6H2,1H3,(H2,13,15). The molecule has 0 saturated heterocycles. The molecule has 1 rings (SSSR count). The van der Waals surface area contributed by atoms with Crippen LogP contribution in [0.1, 0.15) is 18.4 Å². The lowest BCUT2D eigenvalue weighted by molar-refractivity contribution is 0.313. The van der Waals surface area contributed by atoms with E-state index >= 15 is 0 Å². The van der Waals surface area contributed by atoms with Crippen LogP contribution >= 0.6 is 23.8 Å². The average Bonchev–Trinajstić information content (AvgIpc) is 2.18. The number of hydrogen-bond acceptors (Lipinski definition) is 2. The van der Waals surface area contributed by atoms with Crippen molar-refractivity contribution in [3.63, 3.8) is 0 Å². The maximum absolute atomic E-state index is 5.89. The van der Waals surface area contributed by atoms with Gasteiger partial charge in [-0.3, -0.25) is 0 Å². The van der Waals surface area contributed by atoms with E-state index in [-0.39, 0.29) is 0 Å². The van der Waals surface area contributed by atoms with Crippen molar-refractivity contribution in [3.05, 3.63) is 28.8 Å². The summed E-state index contributed by atoms with van der Waals surface area (Å²) < 4.78 is 5.52. The van der Waals surface area contributed by atoms with Crippen molar-refractivity contribution in [1.82, 2.24) is 0 Å². The molecule has 0 radical (unpaired) electrons. The van der Waals surface area contributed by atoms with E-state index in [4.69, 9.17) is 34.3 Å². The third kappa shape index (κ3) is 4.49. The first-order valence-corrected chi connectivity index (χ1v) is 5.55. The summed E-state index contributed by atoms with van der Waals surface area (Å²) in [5.41, 5.74) is 6.39. The number of nitrogens with two attached hydrogens (primary N) is 1. The van der Waals surface area contributed by atoms with E-state index in [1.54, 1.807) is 0 Å². The highest BCUT2D eigenvalue weighted by atomic mass is 35.5. The first-order chi connectivity index (χ1) is 7.09. The monoisotopic (exact) mass is 243 g/mol. The highest BCUT2D eigenvalue weighted by molar-refractivity contribution is 7.80. The molecule has 1 aromatic carbocycles. The lowest BCUT2D eigenvalue weighted by Crippen LogP contribution is -2.09. The van der Waals surface area contributed by atoms with Gasteiger partial charge in [0.2, 0.25) is 0 Å². The summed E-state index contributed by atoms with van der Waals surface area (Å²) in [7, 11) is 0. The van der Waals surface area contributed by atoms with Crippen LogP contribution in [0.4, 0.5) is 0 Å². The van der Waals surface area contributed by atoms with Crippen molar-refractivity contribution in [2.45, 2.75) is 19.8 Å². The molecule has 2 N–H and O–H groups in total. The first-order valence-electron chi connectivity index (χ1n) is 4.77. The van der Waals surface area contributed by atoms with E-state index in [2.05, 4.69) is 0 Å². The molecule has 0 unspecified atom stereocenters. The van der Waals surface area contributed by atoms with Gasteiger partial charge >= 0.3 is 0 Å². The second-order valence-corrected chi connectivity index (χ2v) is 4.26. The molecule has 0 spiro atoms. The molecule has 0 bridgehead atoms. The van der Waals surface area contributed by atoms with Gasteiger partial charge in [0.25, 0.3) is 0 Å². The molecule has 0 aromatic heterocycles. The topological polar surface area (TPSA) is 35.2 Å². The number of ether oxygens (including phenoxy) is 1. The van der Waals surface area contributed by atoms with Crippen molar-refractivity contribution in [1.29, 1.82) is 0 Å². The van der Waals surface area contributed by atoms with E-state index < -0.39 is 0 Å².